The van der Waals surface area contributed by atoms with Crippen molar-refractivity contribution < 1.29 is 27.8 Å². The van der Waals surface area contributed by atoms with Gasteiger partial charge in [0.05, 0.1) is 6.10 Å². The highest BCUT2D eigenvalue weighted by atomic mass is 19.4. The maximum Gasteiger partial charge on any atom is 0.573 e. The lowest BCUT2D eigenvalue weighted by Crippen LogP contribution is -2.32. The third-order valence-corrected chi connectivity index (χ3v) is 2.59. The molecule has 0 radical (unpaired) electrons. The fourth-order valence-electron chi connectivity index (χ4n) is 1.75. The lowest BCUT2D eigenvalue weighted by Gasteiger charge is -2.14. The van der Waals surface area contributed by atoms with Gasteiger partial charge in [-0.25, -0.2) is 0 Å². The molecule has 1 aromatic carbocycles. The Kier molecular flexibility index (Phi) is 6.02. The molecule has 0 aliphatic carbocycles. The molecule has 1 rings (SSSR count). The highest BCUT2D eigenvalue weighted by molar-refractivity contribution is 5.94. The van der Waals surface area contributed by atoms with Gasteiger partial charge in [-0.1, -0.05) is 13.8 Å². The maximum absolute atomic E-state index is 12.0. The van der Waals surface area contributed by atoms with Gasteiger partial charge in [0, 0.05) is 12.1 Å². The monoisotopic (exact) mass is 305 g/mol. The summed E-state index contributed by atoms with van der Waals surface area (Å²) in [5.41, 5.74) is 0.196. The van der Waals surface area contributed by atoms with Crippen LogP contribution < -0.4 is 10.1 Å². The zero-order valence-corrected chi connectivity index (χ0v) is 11.8. The van der Waals surface area contributed by atoms with E-state index in [1.807, 2.05) is 13.8 Å². The van der Waals surface area contributed by atoms with Crippen LogP contribution in [0.3, 0.4) is 0 Å². The maximum atomic E-state index is 12.0. The number of benzene rings is 1. The van der Waals surface area contributed by atoms with Gasteiger partial charge in [-0.05, 0) is 36.6 Å². The fourth-order valence-corrected chi connectivity index (χ4v) is 1.75. The summed E-state index contributed by atoms with van der Waals surface area (Å²) in [6.07, 6.45) is -4.86. The fraction of sp³-hybridized carbons (Fsp3) is 0.500. The molecule has 0 bridgehead atoms. The van der Waals surface area contributed by atoms with E-state index in [0.717, 1.165) is 12.1 Å². The van der Waals surface area contributed by atoms with E-state index in [1.165, 1.54) is 12.1 Å². The summed E-state index contributed by atoms with van der Waals surface area (Å²) in [5, 5.41) is 12.1. The van der Waals surface area contributed by atoms with E-state index in [0.29, 0.717) is 12.3 Å². The molecule has 4 nitrogen and oxygen atoms in total. The van der Waals surface area contributed by atoms with Gasteiger partial charge in [-0.15, -0.1) is 13.2 Å². The van der Waals surface area contributed by atoms with Crippen LogP contribution in [0.2, 0.25) is 0 Å². The molecule has 1 aromatic rings. The van der Waals surface area contributed by atoms with Crippen LogP contribution in [0, 0.1) is 5.92 Å². The lowest BCUT2D eigenvalue weighted by molar-refractivity contribution is -0.274. The van der Waals surface area contributed by atoms with Crippen molar-refractivity contribution in [2.75, 3.05) is 6.54 Å². The molecule has 0 aliphatic heterocycles. The van der Waals surface area contributed by atoms with Crippen LogP contribution in [0.4, 0.5) is 13.2 Å². The molecule has 0 spiro atoms. The summed E-state index contributed by atoms with van der Waals surface area (Å²) in [6.45, 7) is 3.99. The van der Waals surface area contributed by atoms with Gasteiger partial charge in [-0.2, -0.15) is 0 Å². The van der Waals surface area contributed by atoms with Crippen molar-refractivity contribution in [2.24, 2.45) is 5.92 Å². The van der Waals surface area contributed by atoms with Crippen LogP contribution in [0.25, 0.3) is 0 Å². The molecule has 0 aromatic heterocycles. The molecule has 2 N–H and O–H groups in total. The third-order valence-electron chi connectivity index (χ3n) is 2.59. The average Bonchev–Trinajstić information content (AvgIpc) is 2.34. The number of hydrogen-bond donors (Lipinski definition) is 2. The second kappa shape index (κ2) is 7.31. The SMILES string of the molecule is CC(C)CC(O)CNC(=O)c1ccc(OC(F)(F)F)cc1. The number of aliphatic hydroxyl groups is 1. The largest absolute Gasteiger partial charge is 0.573 e. The van der Waals surface area contributed by atoms with Crippen molar-refractivity contribution in [3.8, 4) is 5.75 Å². The van der Waals surface area contributed by atoms with E-state index in [-0.39, 0.29) is 17.9 Å². The predicted molar refractivity (Wildman–Crippen MR) is 70.9 cm³/mol. The van der Waals surface area contributed by atoms with Gasteiger partial charge in [0.25, 0.3) is 5.91 Å². The second-order valence-corrected chi connectivity index (χ2v) is 5.07. The van der Waals surface area contributed by atoms with Gasteiger partial charge in [-0.3, -0.25) is 4.79 Å². The van der Waals surface area contributed by atoms with Crippen LogP contribution in [0.1, 0.15) is 30.6 Å². The van der Waals surface area contributed by atoms with Crippen molar-refractivity contribution >= 4 is 5.91 Å². The van der Waals surface area contributed by atoms with E-state index >= 15 is 0 Å². The molecule has 1 atom stereocenters. The van der Waals surface area contributed by atoms with Crippen molar-refractivity contribution in [2.45, 2.75) is 32.7 Å². The Balaban J connectivity index is 2.52. The van der Waals surface area contributed by atoms with Crippen molar-refractivity contribution in [1.82, 2.24) is 5.32 Å². The summed E-state index contributed by atoms with van der Waals surface area (Å²) < 4.78 is 39.7. The minimum absolute atomic E-state index is 0.0951. The first-order valence-electron chi connectivity index (χ1n) is 6.49. The molecule has 0 saturated carbocycles. The Hall–Kier alpha value is -1.76. The number of aliphatic hydroxyl groups excluding tert-OH is 1. The number of halogens is 3. The zero-order chi connectivity index (χ0) is 16.0. The van der Waals surface area contributed by atoms with E-state index in [1.54, 1.807) is 0 Å². The van der Waals surface area contributed by atoms with Gasteiger partial charge in [0.2, 0.25) is 0 Å². The first kappa shape index (κ1) is 17.3. The molecule has 0 fully saturated rings. The predicted octanol–water partition coefficient (Wildman–Crippen LogP) is 2.72. The van der Waals surface area contributed by atoms with Gasteiger partial charge in [0.15, 0.2) is 0 Å². The van der Waals surface area contributed by atoms with Crippen molar-refractivity contribution in [1.29, 1.82) is 0 Å². The van der Waals surface area contributed by atoms with Crippen LogP contribution in [0.5, 0.6) is 5.75 Å². The number of hydrogen-bond acceptors (Lipinski definition) is 3. The highest BCUT2D eigenvalue weighted by Crippen LogP contribution is 2.22. The van der Waals surface area contributed by atoms with E-state index in [4.69, 9.17) is 0 Å². The Morgan fingerprint density at radius 2 is 1.86 bits per heavy atom. The number of alkyl halides is 3. The van der Waals surface area contributed by atoms with Gasteiger partial charge >= 0.3 is 6.36 Å². The standard InChI is InChI=1S/C14H18F3NO3/c1-9(2)7-11(19)8-18-13(20)10-3-5-12(6-4-10)21-14(15,16)17/h3-6,9,11,19H,7-8H2,1-2H3,(H,18,20). The quantitative estimate of drug-likeness (QED) is 0.849. The number of nitrogens with one attached hydrogen (secondary N) is 1. The van der Waals surface area contributed by atoms with Crippen LogP contribution >= 0.6 is 0 Å². The molecular formula is C14H18F3NO3. The Labute approximate surface area is 120 Å². The van der Waals surface area contributed by atoms with Crippen molar-refractivity contribution in [3.05, 3.63) is 29.8 Å². The molecule has 118 valence electrons. The summed E-state index contributed by atoms with van der Waals surface area (Å²) in [7, 11) is 0. The van der Waals surface area contributed by atoms with Crippen LogP contribution in [0.15, 0.2) is 24.3 Å². The molecular weight excluding hydrogens is 287 g/mol. The molecule has 21 heavy (non-hydrogen) atoms. The molecule has 0 heterocycles. The summed E-state index contributed by atoms with van der Waals surface area (Å²) in [6, 6.07) is 4.58. The summed E-state index contributed by atoms with van der Waals surface area (Å²) in [4.78, 5) is 11.7. The minimum Gasteiger partial charge on any atom is -0.406 e. The van der Waals surface area contributed by atoms with Gasteiger partial charge < -0.3 is 15.2 Å². The number of carbonyl (C=O) groups excluding carboxylic acids is 1. The van der Waals surface area contributed by atoms with E-state index < -0.39 is 18.4 Å². The third kappa shape index (κ3) is 6.99. The number of rotatable bonds is 6. The molecule has 1 amide bonds. The first-order valence-corrected chi connectivity index (χ1v) is 6.49. The van der Waals surface area contributed by atoms with Crippen LogP contribution in [-0.4, -0.2) is 30.0 Å². The van der Waals surface area contributed by atoms with Crippen molar-refractivity contribution in [3.63, 3.8) is 0 Å². The molecule has 0 aliphatic rings. The minimum atomic E-state index is -4.76. The second-order valence-electron chi connectivity index (χ2n) is 5.07. The normalized spacial score (nSPS) is 13.1. The Morgan fingerprint density at radius 1 is 1.29 bits per heavy atom. The average molecular weight is 305 g/mol. The lowest BCUT2D eigenvalue weighted by atomic mass is 10.1. The first-order chi connectivity index (χ1) is 9.67. The smallest absolute Gasteiger partial charge is 0.406 e. The van der Waals surface area contributed by atoms with E-state index in [9.17, 15) is 23.1 Å². The topological polar surface area (TPSA) is 58.6 Å². The number of amides is 1. The van der Waals surface area contributed by atoms with Gasteiger partial charge in [0.1, 0.15) is 5.75 Å². The number of carbonyl (C=O) groups is 1. The molecule has 1 unspecified atom stereocenters. The summed E-state index contributed by atoms with van der Waals surface area (Å²) in [5.74, 6) is -0.550. The number of ether oxygens (including phenoxy) is 1. The Morgan fingerprint density at radius 3 is 2.33 bits per heavy atom. The molecule has 7 heteroatoms. The highest BCUT2D eigenvalue weighted by Gasteiger charge is 2.31. The van der Waals surface area contributed by atoms with Crippen LogP contribution in [-0.2, 0) is 0 Å². The van der Waals surface area contributed by atoms with E-state index in [2.05, 4.69) is 10.1 Å². The zero-order valence-electron chi connectivity index (χ0n) is 11.8. The molecule has 0 saturated heterocycles. The Bertz CT molecular complexity index is 458. The summed E-state index contributed by atoms with van der Waals surface area (Å²) >= 11 is 0.